The van der Waals surface area contributed by atoms with Gasteiger partial charge in [-0.1, -0.05) is 18.2 Å². The van der Waals surface area contributed by atoms with Gasteiger partial charge in [-0.3, -0.25) is 9.69 Å². The van der Waals surface area contributed by atoms with Crippen molar-refractivity contribution in [1.29, 1.82) is 0 Å². The monoisotopic (exact) mass is 426 g/mol. The molecule has 1 atom stereocenters. The maximum absolute atomic E-state index is 12.6. The summed E-state index contributed by atoms with van der Waals surface area (Å²) in [6.45, 7) is 1.43. The summed E-state index contributed by atoms with van der Waals surface area (Å²) in [6, 6.07) is 12.9. The van der Waals surface area contributed by atoms with Crippen molar-refractivity contribution in [2.75, 3.05) is 7.05 Å². The first-order chi connectivity index (χ1) is 14.2. The molecular weight excluding hydrogens is 408 g/mol. The summed E-state index contributed by atoms with van der Waals surface area (Å²) in [5.41, 5.74) is 1.21. The van der Waals surface area contributed by atoms with E-state index in [4.69, 9.17) is 14.9 Å². The van der Waals surface area contributed by atoms with E-state index >= 15 is 0 Å². The number of carboxylic acid groups (broad SMARTS) is 2. The Bertz CT molecular complexity index is 1080. The fourth-order valence-electron chi connectivity index (χ4n) is 2.55. The van der Waals surface area contributed by atoms with Crippen molar-refractivity contribution in [2.24, 2.45) is 4.99 Å². The number of hydrogen-bond donors (Lipinski definition) is 2. The molecule has 2 N–H and O–H groups in total. The quantitative estimate of drug-likeness (QED) is 0.679. The molecule has 1 saturated heterocycles. The van der Waals surface area contributed by atoms with Crippen LogP contribution in [0.4, 0.5) is 5.69 Å². The molecule has 0 aromatic heterocycles. The largest absolute Gasteiger partial charge is 0.479 e. The van der Waals surface area contributed by atoms with Crippen LogP contribution in [0.15, 0.2) is 58.4 Å². The van der Waals surface area contributed by atoms with Gasteiger partial charge in [-0.15, -0.1) is 0 Å². The van der Waals surface area contributed by atoms with Gasteiger partial charge in [0.25, 0.3) is 5.91 Å². The van der Waals surface area contributed by atoms with Crippen LogP contribution in [0.1, 0.15) is 22.8 Å². The predicted molar refractivity (Wildman–Crippen MR) is 113 cm³/mol. The molecule has 0 aliphatic carbocycles. The molecule has 154 valence electrons. The Labute approximate surface area is 176 Å². The summed E-state index contributed by atoms with van der Waals surface area (Å²) in [6.07, 6.45) is 0.666. The molecule has 1 unspecified atom stereocenters. The lowest BCUT2D eigenvalue weighted by molar-refractivity contribution is -0.144. The second kappa shape index (κ2) is 8.83. The second-order valence-corrected chi connectivity index (χ2v) is 7.40. The third-order valence-electron chi connectivity index (χ3n) is 4.14. The van der Waals surface area contributed by atoms with Crippen LogP contribution in [-0.4, -0.2) is 51.3 Å². The maximum Gasteiger partial charge on any atom is 0.344 e. The second-order valence-electron chi connectivity index (χ2n) is 6.40. The highest BCUT2D eigenvalue weighted by molar-refractivity contribution is 8.18. The zero-order valence-electron chi connectivity index (χ0n) is 16.1. The Kier molecular flexibility index (Phi) is 6.22. The van der Waals surface area contributed by atoms with E-state index in [0.29, 0.717) is 27.1 Å². The smallest absolute Gasteiger partial charge is 0.344 e. The molecule has 2 aromatic rings. The van der Waals surface area contributed by atoms with Crippen LogP contribution in [0.3, 0.4) is 0 Å². The molecular formula is C21H18N2O6S. The SMILES string of the molecule is CC(Oc1cccc(/C=C2\SC(=Nc3cccc(C(=O)O)c3)N(C)C2=O)c1)C(=O)O. The van der Waals surface area contributed by atoms with Crippen molar-refractivity contribution in [3.8, 4) is 5.75 Å². The van der Waals surface area contributed by atoms with Crippen molar-refractivity contribution in [3.05, 3.63) is 64.6 Å². The van der Waals surface area contributed by atoms with Crippen LogP contribution in [0.25, 0.3) is 6.08 Å². The topological polar surface area (TPSA) is 117 Å². The van der Waals surface area contributed by atoms with Crippen LogP contribution in [-0.2, 0) is 9.59 Å². The number of carbonyl (C=O) groups is 3. The summed E-state index contributed by atoms with van der Waals surface area (Å²) in [5.74, 6) is -2.00. The molecule has 0 spiro atoms. The average Bonchev–Trinajstić information content (AvgIpc) is 2.96. The third-order valence-corrected chi connectivity index (χ3v) is 5.20. The van der Waals surface area contributed by atoms with Crippen molar-refractivity contribution in [1.82, 2.24) is 4.90 Å². The molecule has 8 nitrogen and oxygen atoms in total. The van der Waals surface area contributed by atoms with E-state index in [0.717, 1.165) is 11.8 Å². The zero-order chi connectivity index (χ0) is 21.8. The first-order valence-corrected chi connectivity index (χ1v) is 9.65. The summed E-state index contributed by atoms with van der Waals surface area (Å²) >= 11 is 1.16. The van der Waals surface area contributed by atoms with Gasteiger partial charge in [0, 0.05) is 7.05 Å². The van der Waals surface area contributed by atoms with Gasteiger partial charge in [0.2, 0.25) is 0 Å². The number of nitrogens with zero attached hydrogens (tertiary/aromatic N) is 2. The summed E-state index contributed by atoms with van der Waals surface area (Å²) in [7, 11) is 1.59. The van der Waals surface area contributed by atoms with Crippen LogP contribution in [0, 0.1) is 0 Å². The van der Waals surface area contributed by atoms with Crippen LogP contribution in [0.5, 0.6) is 5.75 Å². The molecule has 1 fully saturated rings. The van der Waals surface area contributed by atoms with E-state index in [1.54, 1.807) is 49.5 Å². The fourth-order valence-corrected chi connectivity index (χ4v) is 3.54. The van der Waals surface area contributed by atoms with E-state index in [1.807, 2.05) is 0 Å². The highest BCUT2D eigenvalue weighted by Crippen LogP contribution is 2.33. The van der Waals surface area contributed by atoms with Gasteiger partial charge < -0.3 is 14.9 Å². The number of benzene rings is 2. The minimum Gasteiger partial charge on any atom is -0.479 e. The number of aromatic carboxylic acids is 1. The van der Waals surface area contributed by atoms with E-state index in [-0.39, 0.29) is 11.5 Å². The van der Waals surface area contributed by atoms with Crippen molar-refractivity contribution >= 4 is 46.5 Å². The summed E-state index contributed by atoms with van der Waals surface area (Å²) < 4.78 is 5.36. The Hall–Kier alpha value is -3.59. The molecule has 9 heteroatoms. The van der Waals surface area contributed by atoms with Gasteiger partial charge in [-0.25, -0.2) is 14.6 Å². The highest BCUT2D eigenvalue weighted by atomic mass is 32.2. The molecule has 3 rings (SSSR count). The predicted octanol–water partition coefficient (Wildman–Crippen LogP) is 3.47. The molecule has 0 saturated carbocycles. The minimum atomic E-state index is -1.07. The minimum absolute atomic E-state index is 0.108. The standard InChI is InChI=1S/C21H18N2O6S/c1-12(19(25)26)29-16-8-3-5-13(9-16)10-17-18(24)23(2)21(30-17)22-15-7-4-6-14(11-15)20(27)28/h3-12H,1-2H3,(H,25,26)(H,27,28)/b17-10-,22-21?. The number of thioether (sulfide) groups is 1. The molecule has 2 aromatic carbocycles. The lowest BCUT2D eigenvalue weighted by Crippen LogP contribution is -2.23. The average molecular weight is 426 g/mol. The van der Waals surface area contributed by atoms with Crippen LogP contribution in [0.2, 0.25) is 0 Å². The lowest BCUT2D eigenvalue weighted by Gasteiger charge is -2.10. The van der Waals surface area contributed by atoms with E-state index in [1.165, 1.54) is 24.0 Å². The number of hydrogen-bond acceptors (Lipinski definition) is 6. The van der Waals surface area contributed by atoms with Gasteiger partial charge >= 0.3 is 11.9 Å². The van der Waals surface area contributed by atoms with Crippen molar-refractivity contribution < 1.29 is 29.3 Å². The van der Waals surface area contributed by atoms with Gasteiger partial charge in [0.1, 0.15) is 5.75 Å². The number of likely N-dealkylation sites (N-methyl/N-ethyl adjacent to an activating group) is 1. The van der Waals surface area contributed by atoms with Crippen LogP contribution >= 0.6 is 11.8 Å². The van der Waals surface area contributed by atoms with E-state index in [9.17, 15) is 14.4 Å². The third kappa shape index (κ3) is 4.87. The van der Waals surface area contributed by atoms with E-state index < -0.39 is 18.0 Å². The first-order valence-electron chi connectivity index (χ1n) is 8.84. The van der Waals surface area contributed by atoms with Gasteiger partial charge in [-0.2, -0.15) is 0 Å². The van der Waals surface area contributed by atoms with Gasteiger partial charge in [0.15, 0.2) is 11.3 Å². The molecule has 30 heavy (non-hydrogen) atoms. The lowest BCUT2D eigenvalue weighted by atomic mass is 10.2. The van der Waals surface area contributed by atoms with E-state index in [2.05, 4.69) is 4.99 Å². The molecule has 1 aliphatic heterocycles. The summed E-state index contributed by atoms with van der Waals surface area (Å²) in [5, 5.41) is 18.5. The van der Waals surface area contributed by atoms with Gasteiger partial charge in [0.05, 0.1) is 16.2 Å². The Morgan fingerprint density at radius 2 is 1.90 bits per heavy atom. The molecule has 1 amide bonds. The molecule has 1 heterocycles. The number of amides is 1. The van der Waals surface area contributed by atoms with Crippen LogP contribution < -0.4 is 4.74 Å². The Morgan fingerprint density at radius 3 is 2.60 bits per heavy atom. The zero-order valence-corrected chi connectivity index (χ0v) is 16.9. The molecule has 0 bridgehead atoms. The number of rotatable bonds is 6. The number of aliphatic carboxylic acids is 1. The summed E-state index contributed by atoms with van der Waals surface area (Å²) in [4.78, 5) is 40.9. The number of ether oxygens (including phenoxy) is 1. The number of carbonyl (C=O) groups excluding carboxylic acids is 1. The number of aliphatic imine (C=N–C) groups is 1. The van der Waals surface area contributed by atoms with Gasteiger partial charge in [-0.05, 0) is 60.7 Å². The van der Waals surface area contributed by atoms with Crippen molar-refractivity contribution in [3.63, 3.8) is 0 Å². The first kappa shape index (κ1) is 21.1. The highest BCUT2D eigenvalue weighted by Gasteiger charge is 2.30. The number of carboxylic acids is 2. The number of amidine groups is 1. The van der Waals surface area contributed by atoms with Crippen molar-refractivity contribution in [2.45, 2.75) is 13.0 Å². The Morgan fingerprint density at radius 1 is 1.17 bits per heavy atom. The molecule has 1 aliphatic rings. The molecule has 0 radical (unpaired) electrons. The fraction of sp³-hybridized carbons (Fsp3) is 0.143. The Balaban J connectivity index is 1.84. The normalized spacial score (nSPS) is 17.4. The maximum atomic E-state index is 12.6.